The van der Waals surface area contributed by atoms with Gasteiger partial charge in [0.05, 0.1) is 28.8 Å². The lowest BCUT2D eigenvalue weighted by molar-refractivity contribution is -0.384. The molecule has 3 aromatic carbocycles. The molecule has 9 nitrogen and oxygen atoms in total. The minimum Gasteiger partial charge on any atom is -0.497 e. The lowest BCUT2D eigenvalue weighted by Crippen LogP contribution is -2.34. The van der Waals surface area contributed by atoms with Crippen LogP contribution in [-0.4, -0.2) is 35.4 Å². The lowest BCUT2D eigenvalue weighted by atomic mass is 10.2. The maximum atomic E-state index is 13.2. The van der Waals surface area contributed by atoms with Crippen molar-refractivity contribution in [2.24, 2.45) is 0 Å². The minimum absolute atomic E-state index is 0.0603. The van der Waals surface area contributed by atoms with Crippen LogP contribution in [0, 0.1) is 10.1 Å². The number of fused-ring (bicyclic) bond motifs is 1. The molecule has 0 unspecified atom stereocenters. The van der Waals surface area contributed by atoms with E-state index in [1.165, 1.54) is 35.6 Å². The Kier molecular flexibility index (Phi) is 7.32. The molecule has 2 amide bonds. The van der Waals surface area contributed by atoms with E-state index in [2.05, 4.69) is 10.3 Å². The molecule has 0 saturated carbocycles. The molecule has 0 aliphatic heterocycles. The highest BCUT2D eigenvalue weighted by Gasteiger charge is 2.21. The van der Waals surface area contributed by atoms with Crippen LogP contribution >= 0.6 is 11.3 Å². The second-order valence-corrected chi connectivity index (χ2v) is 8.61. The van der Waals surface area contributed by atoms with E-state index in [1.54, 1.807) is 12.0 Å². The predicted molar refractivity (Wildman–Crippen MR) is 134 cm³/mol. The molecular formula is C25H22N4O5S. The summed E-state index contributed by atoms with van der Waals surface area (Å²) >= 11 is 1.39. The fourth-order valence-electron chi connectivity index (χ4n) is 3.42. The summed E-state index contributed by atoms with van der Waals surface area (Å²) in [5.41, 5.74) is 1.90. The van der Waals surface area contributed by atoms with Gasteiger partial charge in [-0.25, -0.2) is 4.98 Å². The van der Waals surface area contributed by atoms with E-state index in [0.29, 0.717) is 17.4 Å². The molecule has 178 valence electrons. The third kappa shape index (κ3) is 5.79. The molecule has 0 saturated heterocycles. The third-order valence-corrected chi connectivity index (χ3v) is 6.31. The molecule has 0 fully saturated rings. The summed E-state index contributed by atoms with van der Waals surface area (Å²) in [6.45, 7) is 0.450. The van der Waals surface area contributed by atoms with Crippen molar-refractivity contribution in [1.82, 2.24) is 10.3 Å². The highest BCUT2D eigenvalue weighted by molar-refractivity contribution is 7.22. The van der Waals surface area contributed by atoms with Gasteiger partial charge in [0.1, 0.15) is 5.75 Å². The number of rotatable bonds is 9. The van der Waals surface area contributed by atoms with Crippen LogP contribution in [0.4, 0.5) is 10.8 Å². The molecule has 0 atom stereocenters. The van der Waals surface area contributed by atoms with E-state index >= 15 is 0 Å². The molecule has 1 aromatic heterocycles. The van der Waals surface area contributed by atoms with Gasteiger partial charge in [-0.3, -0.25) is 24.6 Å². The highest BCUT2D eigenvalue weighted by atomic mass is 32.1. The number of amides is 2. The summed E-state index contributed by atoms with van der Waals surface area (Å²) in [5, 5.41) is 14.0. The average Bonchev–Trinajstić information content (AvgIpc) is 3.30. The Morgan fingerprint density at radius 1 is 1.09 bits per heavy atom. The molecular weight excluding hydrogens is 468 g/mol. The Morgan fingerprint density at radius 2 is 1.83 bits per heavy atom. The quantitative estimate of drug-likeness (QED) is 0.272. The highest BCUT2D eigenvalue weighted by Crippen LogP contribution is 2.32. The molecule has 4 aromatic rings. The van der Waals surface area contributed by atoms with Crippen LogP contribution in [0.25, 0.3) is 10.2 Å². The zero-order valence-electron chi connectivity index (χ0n) is 18.8. The number of hydrogen-bond acceptors (Lipinski definition) is 7. The summed E-state index contributed by atoms with van der Waals surface area (Å²) in [7, 11) is 1.60. The second-order valence-electron chi connectivity index (χ2n) is 7.61. The van der Waals surface area contributed by atoms with Crippen molar-refractivity contribution in [2.75, 3.05) is 18.6 Å². The van der Waals surface area contributed by atoms with Crippen LogP contribution in [-0.2, 0) is 11.3 Å². The number of nitro benzene ring substituents is 1. The van der Waals surface area contributed by atoms with Gasteiger partial charge in [-0.2, -0.15) is 0 Å². The number of aromatic nitrogens is 1. The summed E-state index contributed by atoms with van der Waals surface area (Å²) < 4.78 is 6.19. The Labute approximate surface area is 205 Å². The van der Waals surface area contributed by atoms with Gasteiger partial charge in [-0.15, -0.1) is 0 Å². The van der Waals surface area contributed by atoms with Crippen LogP contribution < -0.4 is 15.0 Å². The average molecular weight is 491 g/mol. The number of carbonyl (C=O) groups is 2. The van der Waals surface area contributed by atoms with Crippen LogP contribution in [0.3, 0.4) is 0 Å². The first-order valence-electron chi connectivity index (χ1n) is 10.8. The van der Waals surface area contributed by atoms with Crippen molar-refractivity contribution < 1.29 is 19.2 Å². The number of methoxy groups -OCH3 is 1. The van der Waals surface area contributed by atoms with Crippen LogP contribution in [0.15, 0.2) is 72.8 Å². The van der Waals surface area contributed by atoms with E-state index in [9.17, 15) is 19.7 Å². The number of ether oxygens (including phenoxy) is 1. The fraction of sp³-hybridized carbons (Fsp3) is 0.160. The molecule has 0 spiro atoms. The number of non-ortho nitro benzene ring substituents is 1. The van der Waals surface area contributed by atoms with Gasteiger partial charge in [-0.05, 0) is 35.9 Å². The van der Waals surface area contributed by atoms with Crippen LogP contribution in [0.2, 0.25) is 0 Å². The number of nitrogens with zero attached hydrogens (tertiary/aromatic N) is 3. The first-order chi connectivity index (χ1) is 16.9. The third-order valence-electron chi connectivity index (χ3n) is 5.26. The van der Waals surface area contributed by atoms with E-state index in [4.69, 9.17) is 4.74 Å². The van der Waals surface area contributed by atoms with Crippen molar-refractivity contribution in [3.05, 3.63) is 94.0 Å². The van der Waals surface area contributed by atoms with Gasteiger partial charge in [0.2, 0.25) is 5.91 Å². The topological polar surface area (TPSA) is 115 Å². The predicted octanol–water partition coefficient (Wildman–Crippen LogP) is 4.57. The largest absolute Gasteiger partial charge is 0.497 e. The molecule has 0 radical (unpaired) electrons. The van der Waals surface area contributed by atoms with Gasteiger partial charge in [-0.1, -0.05) is 41.7 Å². The SMILES string of the molecule is COc1ccc2nc(N(Cc3ccccc3)C(=O)CCNC(=O)c3ccc([N+](=O)[O-])cc3)sc2c1. The van der Waals surface area contributed by atoms with Crippen molar-refractivity contribution in [3.63, 3.8) is 0 Å². The number of nitro groups is 1. The van der Waals surface area contributed by atoms with Crippen LogP contribution in [0.1, 0.15) is 22.3 Å². The summed E-state index contributed by atoms with van der Waals surface area (Å²) in [5.74, 6) is 0.112. The fourth-order valence-corrected chi connectivity index (χ4v) is 4.43. The number of nitrogens with one attached hydrogen (secondary N) is 1. The molecule has 1 heterocycles. The first kappa shape index (κ1) is 23.8. The lowest BCUT2D eigenvalue weighted by Gasteiger charge is -2.20. The molecule has 1 N–H and O–H groups in total. The van der Waals surface area contributed by atoms with Crippen molar-refractivity contribution in [2.45, 2.75) is 13.0 Å². The van der Waals surface area contributed by atoms with Crippen molar-refractivity contribution >= 4 is 44.2 Å². The molecule has 4 rings (SSSR count). The van der Waals surface area contributed by atoms with E-state index < -0.39 is 10.8 Å². The molecule has 10 heteroatoms. The zero-order chi connectivity index (χ0) is 24.8. The van der Waals surface area contributed by atoms with Crippen molar-refractivity contribution in [3.8, 4) is 5.75 Å². The number of anilines is 1. The molecule has 0 aliphatic carbocycles. The first-order valence-corrected chi connectivity index (χ1v) is 11.6. The smallest absolute Gasteiger partial charge is 0.269 e. The summed E-state index contributed by atoms with van der Waals surface area (Å²) in [6, 6.07) is 20.5. The van der Waals surface area contributed by atoms with Gasteiger partial charge in [0.15, 0.2) is 5.13 Å². The van der Waals surface area contributed by atoms with E-state index in [0.717, 1.165) is 15.8 Å². The van der Waals surface area contributed by atoms with Crippen LogP contribution in [0.5, 0.6) is 5.75 Å². The molecule has 35 heavy (non-hydrogen) atoms. The van der Waals surface area contributed by atoms with Gasteiger partial charge >= 0.3 is 0 Å². The normalized spacial score (nSPS) is 10.7. The number of benzene rings is 3. The minimum atomic E-state index is -0.528. The Balaban J connectivity index is 1.47. The number of thiazole rings is 1. The Bertz CT molecular complexity index is 1360. The Morgan fingerprint density at radius 3 is 2.51 bits per heavy atom. The Hall–Kier alpha value is -4.31. The molecule has 0 bridgehead atoms. The molecule has 0 aliphatic rings. The number of hydrogen-bond donors (Lipinski definition) is 1. The van der Waals surface area contributed by atoms with Gasteiger partial charge in [0.25, 0.3) is 11.6 Å². The second kappa shape index (κ2) is 10.7. The van der Waals surface area contributed by atoms with Crippen molar-refractivity contribution in [1.29, 1.82) is 0 Å². The van der Waals surface area contributed by atoms with E-state index in [1.807, 2.05) is 48.5 Å². The number of carbonyl (C=O) groups excluding carboxylic acids is 2. The monoisotopic (exact) mass is 490 g/mol. The zero-order valence-corrected chi connectivity index (χ0v) is 19.7. The van der Waals surface area contributed by atoms with Gasteiger partial charge < -0.3 is 10.1 Å². The van der Waals surface area contributed by atoms with Gasteiger partial charge in [0, 0.05) is 30.7 Å². The van der Waals surface area contributed by atoms with E-state index in [-0.39, 0.29) is 30.1 Å². The summed E-state index contributed by atoms with van der Waals surface area (Å²) in [6.07, 6.45) is 0.0603. The summed E-state index contributed by atoms with van der Waals surface area (Å²) in [4.78, 5) is 42.1. The standard InChI is InChI=1S/C25H22N4O5S/c1-34-20-11-12-21-22(15-20)35-25(27-21)28(16-17-5-3-2-4-6-17)23(30)13-14-26-24(31)18-7-9-19(10-8-18)29(32)33/h2-12,15H,13-14,16H2,1H3,(H,26,31). The maximum absolute atomic E-state index is 13.2. The maximum Gasteiger partial charge on any atom is 0.269 e.